The van der Waals surface area contributed by atoms with Crippen LogP contribution in [0.15, 0.2) is 78.0 Å². The Balaban J connectivity index is 1.38. The predicted octanol–water partition coefficient (Wildman–Crippen LogP) is 3.55. The summed E-state index contributed by atoms with van der Waals surface area (Å²) < 4.78 is 10.3. The monoisotopic (exact) mass is 476 g/mol. The quantitative estimate of drug-likeness (QED) is 0.276. The van der Waals surface area contributed by atoms with E-state index < -0.39 is 23.6 Å². The van der Waals surface area contributed by atoms with Gasteiger partial charge in [0.05, 0.1) is 34.2 Å². The number of esters is 1. The molecule has 0 bridgehead atoms. The minimum absolute atomic E-state index is 0.0644. The Morgan fingerprint density at radius 3 is 2.47 bits per heavy atom. The van der Waals surface area contributed by atoms with Crippen LogP contribution in [0, 0.1) is 0 Å². The Hall–Kier alpha value is -3.98. The third-order valence-electron chi connectivity index (χ3n) is 5.11. The largest absolute Gasteiger partial charge is 0.496 e. The van der Waals surface area contributed by atoms with Gasteiger partial charge in [-0.3, -0.25) is 14.4 Å². The van der Waals surface area contributed by atoms with E-state index in [1.54, 1.807) is 42.6 Å². The molecule has 1 unspecified atom stereocenters. The number of hydrogen-bond donors (Lipinski definition) is 0. The SMILES string of the molecule is COc1ccccc1C(=O)COC(=O)c1ccc(N2C(=O)CC(Sc3ccccn3)C2=O)cc1. The van der Waals surface area contributed by atoms with Gasteiger partial charge in [0.2, 0.25) is 17.6 Å². The number of imide groups is 1. The van der Waals surface area contributed by atoms with Crippen molar-refractivity contribution in [2.24, 2.45) is 0 Å². The number of thioether (sulfide) groups is 1. The molecule has 2 aromatic carbocycles. The highest BCUT2D eigenvalue weighted by molar-refractivity contribution is 8.00. The van der Waals surface area contributed by atoms with E-state index in [2.05, 4.69) is 4.98 Å². The molecule has 2 amide bonds. The fourth-order valence-electron chi connectivity index (χ4n) is 3.44. The maximum atomic E-state index is 12.8. The van der Waals surface area contributed by atoms with Crippen molar-refractivity contribution in [1.82, 2.24) is 4.98 Å². The third kappa shape index (κ3) is 4.99. The highest BCUT2D eigenvalue weighted by atomic mass is 32.2. The smallest absolute Gasteiger partial charge is 0.338 e. The first-order valence-electron chi connectivity index (χ1n) is 10.4. The number of anilines is 1. The Morgan fingerprint density at radius 1 is 1.03 bits per heavy atom. The summed E-state index contributed by atoms with van der Waals surface area (Å²) in [4.78, 5) is 55.4. The number of carbonyl (C=O) groups excluding carboxylic acids is 4. The molecule has 2 heterocycles. The minimum Gasteiger partial charge on any atom is -0.496 e. The zero-order valence-electron chi connectivity index (χ0n) is 18.2. The lowest BCUT2D eigenvalue weighted by atomic mass is 10.1. The number of ether oxygens (including phenoxy) is 2. The van der Waals surface area contributed by atoms with E-state index in [9.17, 15) is 19.2 Å². The first-order valence-corrected chi connectivity index (χ1v) is 11.2. The van der Waals surface area contributed by atoms with E-state index >= 15 is 0 Å². The van der Waals surface area contributed by atoms with Crippen molar-refractivity contribution >= 4 is 41.0 Å². The second-order valence-corrected chi connectivity index (χ2v) is 8.52. The van der Waals surface area contributed by atoms with Gasteiger partial charge in [-0.25, -0.2) is 14.7 Å². The van der Waals surface area contributed by atoms with Gasteiger partial charge < -0.3 is 9.47 Å². The average Bonchev–Trinajstić information content (AvgIpc) is 3.15. The van der Waals surface area contributed by atoms with Gasteiger partial charge >= 0.3 is 5.97 Å². The van der Waals surface area contributed by atoms with Crippen molar-refractivity contribution in [3.05, 3.63) is 84.1 Å². The second-order valence-electron chi connectivity index (χ2n) is 7.29. The molecular formula is C25H20N2O6S. The van der Waals surface area contributed by atoms with Gasteiger partial charge in [0.25, 0.3) is 0 Å². The van der Waals surface area contributed by atoms with E-state index in [1.807, 2.05) is 6.07 Å². The van der Waals surface area contributed by atoms with Gasteiger partial charge in [-0.05, 0) is 48.5 Å². The van der Waals surface area contributed by atoms with Crippen LogP contribution < -0.4 is 9.64 Å². The number of ketones is 1. The number of benzene rings is 2. The Kier molecular flexibility index (Phi) is 7.03. The van der Waals surface area contributed by atoms with Crippen molar-refractivity contribution in [1.29, 1.82) is 0 Å². The predicted molar refractivity (Wildman–Crippen MR) is 125 cm³/mol. The summed E-state index contributed by atoms with van der Waals surface area (Å²) >= 11 is 1.24. The summed E-state index contributed by atoms with van der Waals surface area (Å²) in [5.41, 5.74) is 0.869. The van der Waals surface area contributed by atoms with Crippen molar-refractivity contribution < 1.29 is 28.7 Å². The first kappa shape index (κ1) is 23.2. The lowest BCUT2D eigenvalue weighted by molar-refractivity contribution is -0.121. The minimum atomic E-state index is -0.697. The molecule has 0 saturated carbocycles. The fraction of sp³-hybridized carbons (Fsp3) is 0.160. The van der Waals surface area contributed by atoms with E-state index in [0.717, 1.165) is 4.90 Å². The number of carbonyl (C=O) groups is 4. The number of para-hydroxylation sites is 1. The van der Waals surface area contributed by atoms with Crippen LogP contribution in [0.1, 0.15) is 27.1 Å². The molecule has 1 aliphatic rings. The highest BCUT2D eigenvalue weighted by Gasteiger charge is 2.40. The Morgan fingerprint density at radius 2 is 1.76 bits per heavy atom. The Bertz CT molecular complexity index is 1230. The number of Topliss-reactive ketones (excluding diaryl/α,β-unsaturated/α-hetero) is 1. The van der Waals surface area contributed by atoms with Gasteiger partial charge in [0.1, 0.15) is 5.75 Å². The average molecular weight is 477 g/mol. The van der Waals surface area contributed by atoms with E-state index in [0.29, 0.717) is 22.0 Å². The summed E-state index contributed by atoms with van der Waals surface area (Å²) in [5.74, 6) is -1.36. The lowest BCUT2D eigenvalue weighted by Crippen LogP contribution is -2.31. The van der Waals surface area contributed by atoms with Crippen LogP contribution in [-0.4, -0.2) is 47.5 Å². The van der Waals surface area contributed by atoms with Crippen LogP contribution in [0.25, 0.3) is 0 Å². The van der Waals surface area contributed by atoms with Crippen molar-refractivity contribution in [2.75, 3.05) is 18.6 Å². The normalized spacial score (nSPS) is 15.3. The van der Waals surface area contributed by atoms with Crippen LogP contribution in [0.3, 0.4) is 0 Å². The summed E-state index contributed by atoms with van der Waals surface area (Å²) in [5, 5.41) is 0.101. The van der Waals surface area contributed by atoms with Gasteiger partial charge in [0, 0.05) is 12.6 Å². The molecule has 1 aromatic heterocycles. The topological polar surface area (TPSA) is 103 Å². The van der Waals surface area contributed by atoms with Crippen LogP contribution >= 0.6 is 11.8 Å². The molecule has 3 aromatic rings. The fourth-order valence-corrected chi connectivity index (χ4v) is 4.45. The second kappa shape index (κ2) is 10.3. The number of methoxy groups -OCH3 is 1. The molecule has 0 N–H and O–H groups in total. The zero-order valence-corrected chi connectivity index (χ0v) is 19.0. The van der Waals surface area contributed by atoms with Crippen molar-refractivity contribution in [3.63, 3.8) is 0 Å². The highest BCUT2D eigenvalue weighted by Crippen LogP contribution is 2.33. The van der Waals surface area contributed by atoms with Gasteiger partial charge in [-0.2, -0.15) is 0 Å². The standard InChI is InChI=1S/C25H20N2O6S/c1-32-20-7-3-2-6-18(20)19(28)15-33-25(31)16-9-11-17(12-10-16)27-23(29)14-21(24(27)30)34-22-8-4-5-13-26-22/h2-13,21H,14-15H2,1H3. The number of pyridine rings is 1. The molecule has 1 saturated heterocycles. The maximum Gasteiger partial charge on any atom is 0.338 e. The number of nitrogens with zero attached hydrogens (tertiary/aromatic N) is 2. The molecule has 1 aliphatic heterocycles. The zero-order chi connectivity index (χ0) is 24.1. The number of amides is 2. The van der Waals surface area contributed by atoms with E-state index in [1.165, 1.54) is 43.1 Å². The van der Waals surface area contributed by atoms with Gasteiger partial charge in [0.15, 0.2) is 6.61 Å². The van der Waals surface area contributed by atoms with Gasteiger partial charge in [-0.15, -0.1) is 0 Å². The molecule has 172 valence electrons. The Labute approximate surface area is 199 Å². The number of rotatable bonds is 8. The maximum absolute atomic E-state index is 12.8. The van der Waals surface area contributed by atoms with Crippen LogP contribution in [0.4, 0.5) is 5.69 Å². The van der Waals surface area contributed by atoms with Crippen LogP contribution in [0.2, 0.25) is 0 Å². The van der Waals surface area contributed by atoms with Crippen LogP contribution in [-0.2, 0) is 14.3 Å². The van der Waals surface area contributed by atoms with E-state index in [-0.39, 0.29) is 23.8 Å². The van der Waals surface area contributed by atoms with Gasteiger partial charge in [-0.1, -0.05) is 30.0 Å². The molecule has 1 fully saturated rings. The lowest BCUT2D eigenvalue weighted by Gasteiger charge is -2.15. The molecule has 0 aliphatic carbocycles. The van der Waals surface area contributed by atoms with Crippen LogP contribution in [0.5, 0.6) is 5.75 Å². The first-order chi connectivity index (χ1) is 16.5. The summed E-state index contributed by atoms with van der Waals surface area (Å²) in [6.07, 6.45) is 1.69. The van der Waals surface area contributed by atoms with Crippen molar-refractivity contribution in [2.45, 2.75) is 16.7 Å². The van der Waals surface area contributed by atoms with Crippen molar-refractivity contribution in [3.8, 4) is 5.75 Å². The number of hydrogen-bond acceptors (Lipinski definition) is 8. The molecule has 4 rings (SSSR count). The summed E-state index contributed by atoms with van der Waals surface area (Å²) in [6, 6.07) is 17.9. The summed E-state index contributed by atoms with van der Waals surface area (Å²) in [6.45, 7) is -0.448. The molecule has 34 heavy (non-hydrogen) atoms. The van der Waals surface area contributed by atoms with E-state index in [4.69, 9.17) is 9.47 Å². The summed E-state index contributed by atoms with van der Waals surface area (Å²) in [7, 11) is 1.45. The molecule has 9 heteroatoms. The molecule has 0 radical (unpaired) electrons. The number of aromatic nitrogens is 1. The molecule has 8 nitrogen and oxygen atoms in total. The molecular weight excluding hydrogens is 456 g/mol. The molecule has 1 atom stereocenters. The third-order valence-corrected chi connectivity index (χ3v) is 6.24. The molecule has 0 spiro atoms.